The molecule has 1 fully saturated rings. The Kier molecular flexibility index (Phi) is 1.82. The van der Waals surface area contributed by atoms with E-state index in [1.54, 1.807) is 0 Å². The van der Waals surface area contributed by atoms with Crippen LogP contribution in [-0.4, -0.2) is 16.7 Å². The Morgan fingerprint density at radius 1 is 1.33 bits per heavy atom. The van der Waals surface area contributed by atoms with E-state index in [1.165, 1.54) is 0 Å². The highest BCUT2D eigenvalue weighted by Crippen LogP contribution is 2.10. The van der Waals surface area contributed by atoms with Gasteiger partial charge in [-0.1, -0.05) is 5.16 Å². The second kappa shape index (κ2) is 2.62. The van der Waals surface area contributed by atoms with Crippen molar-refractivity contribution in [3.8, 4) is 0 Å². The molecule has 0 aliphatic heterocycles. The van der Waals surface area contributed by atoms with Gasteiger partial charge in [0.05, 0.1) is 0 Å². The van der Waals surface area contributed by atoms with Gasteiger partial charge in [0.15, 0.2) is 5.78 Å². The Morgan fingerprint density at radius 3 is 2.44 bits per heavy atom. The Balaban J connectivity index is 2.60. The molecule has 0 atom stereocenters. The van der Waals surface area contributed by atoms with Crippen LogP contribution in [0, 0.1) is 0 Å². The van der Waals surface area contributed by atoms with Gasteiger partial charge in [-0.3, -0.25) is 4.79 Å². The van der Waals surface area contributed by atoms with Crippen molar-refractivity contribution < 1.29 is 10.0 Å². The first-order valence-electron chi connectivity index (χ1n) is 3.08. The summed E-state index contributed by atoms with van der Waals surface area (Å²) in [7, 11) is 0. The average molecular weight is 127 g/mol. The number of carbonyl (C=O) groups excluding carboxylic acids is 1. The van der Waals surface area contributed by atoms with Crippen LogP contribution >= 0.6 is 0 Å². The van der Waals surface area contributed by atoms with E-state index in [0.717, 1.165) is 12.8 Å². The van der Waals surface area contributed by atoms with Crippen LogP contribution in [0.3, 0.4) is 0 Å². The smallest absolute Gasteiger partial charge is 0.180 e. The van der Waals surface area contributed by atoms with Crippen LogP contribution in [0.2, 0.25) is 0 Å². The highest BCUT2D eigenvalue weighted by atomic mass is 16.4. The maximum Gasteiger partial charge on any atom is 0.180 e. The summed E-state index contributed by atoms with van der Waals surface area (Å²) in [6, 6.07) is 0. The first-order valence-corrected chi connectivity index (χ1v) is 3.08. The Labute approximate surface area is 53.4 Å². The third kappa shape index (κ3) is 1.28. The molecule has 0 aromatic carbocycles. The number of Topliss-reactive ketones (excluding diaryl/α,β-unsaturated/α-hetero) is 1. The summed E-state index contributed by atoms with van der Waals surface area (Å²) in [6.45, 7) is 0. The van der Waals surface area contributed by atoms with E-state index in [0.29, 0.717) is 18.6 Å². The van der Waals surface area contributed by atoms with Gasteiger partial charge in [-0.25, -0.2) is 0 Å². The van der Waals surface area contributed by atoms with E-state index in [1.807, 2.05) is 0 Å². The average Bonchev–Trinajstić information content (AvgIpc) is 1.89. The van der Waals surface area contributed by atoms with Crippen LogP contribution in [0.25, 0.3) is 0 Å². The topological polar surface area (TPSA) is 49.7 Å². The lowest BCUT2D eigenvalue weighted by atomic mass is 9.97. The summed E-state index contributed by atoms with van der Waals surface area (Å²) < 4.78 is 0. The van der Waals surface area contributed by atoms with E-state index in [2.05, 4.69) is 5.16 Å². The molecule has 0 bridgehead atoms. The molecule has 1 aliphatic rings. The number of hydrogen-bond acceptors (Lipinski definition) is 3. The predicted molar refractivity (Wildman–Crippen MR) is 32.7 cm³/mol. The van der Waals surface area contributed by atoms with E-state index in [-0.39, 0.29) is 5.78 Å². The quantitative estimate of drug-likeness (QED) is 0.389. The van der Waals surface area contributed by atoms with Gasteiger partial charge in [-0.15, -0.1) is 0 Å². The molecule has 1 rings (SSSR count). The molecule has 0 amide bonds. The second-order valence-corrected chi connectivity index (χ2v) is 2.18. The van der Waals surface area contributed by atoms with Gasteiger partial charge in [0.1, 0.15) is 5.71 Å². The molecule has 1 saturated carbocycles. The summed E-state index contributed by atoms with van der Waals surface area (Å²) in [4.78, 5) is 10.7. The van der Waals surface area contributed by atoms with Gasteiger partial charge in [-0.05, 0) is 19.3 Å². The number of oxime groups is 1. The molecule has 0 heterocycles. The fourth-order valence-corrected chi connectivity index (χ4v) is 0.967. The molecule has 3 heteroatoms. The number of carbonyl (C=O) groups is 1. The van der Waals surface area contributed by atoms with Crippen molar-refractivity contribution in [3.05, 3.63) is 0 Å². The number of rotatable bonds is 0. The van der Waals surface area contributed by atoms with Crippen LogP contribution in [0.5, 0.6) is 0 Å². The van der Waals surface area contributed by atoms with E-state index < -0.39 is 0 Å². The normalized spacial score (nSPS) is 24.9. The fraction of sp³-hybridized carbons (Fsp3) is 0.667. The lowest BCUT2D eigenvalue weighted by molar-refractivity contribution is -0.113. The summed E-state index contributed by atoms with van der Waals surface area (Å²) in [5, 5.41) is 11.1. The van der Waals surface area contributed by atoms with Crippen molar-refractivity contribution in [1.29, 1.82) is 0 Å². The lowest BCUT2D eigenvalue weighted by Crippen LogP contribution is -2.18. The van der Waals surface area contributed by atoms with Crippen LogP contribution in [0.15, 0.2) is 5.16 Å². The number of hydrogen-bond donors (Lipinski definition) is 1. The zero-order valence-corrected chi connectivity index (χ0v) is 5.13. The van der Waals surface area contributed by atoms with Crippen molar-refractivity contribution in [1.82, 2.24) is 0 Å². The van der Waals surface area contributed by atoms with Gasteiger partial charge >= 0.3 is 0 Å². The minimum Gasteiger partial charge on any atom is -0.411 e. The summed E-state index contributed by atoms with van der Waals surface area (Å²) in [5.41, 5.74) is 0.348. The van der Waals surface area contributed by atoms with E-state index in [4.69, 9.17) is 5.21 Å². The predicted octanol–water partition coefficient (Wildman–Crippen LogP) is 0.960. The van der Waals surface area contributed by atoms with Crippen molar-refractivity contribution in [3.63, 3.8) is 0 Å². The van der Waals surface area contributed by atoms with Crippen LogP contribution in [0.4, 0.5) is 0 Å². The van der Waals surface area contributed by atoms with Crippen LogP contribution in [0.1, 0.15) is 25.7 Å². The molecular weight excluding hydrogens is 118 g/mol. The molecule has 0 spiro atoms. The van der Waals surface area contributed by atoms with Crippen molar-refractivity contribution in [2.45, 2.75) is 25.7 Å². The minimum atomic E-state index is 0.00347. The Morgan fingerprint density at radius 2 is 2.00 bits per heavy atom. The van der Waals surface area contributed by atoms with Crippen LogP contribution < -0.4 is 0 Å². The molecule has 0 aromatic heterocycles. The summed E-state index contributed by atoms with van der Waals surface area (Å²) in [6.07, 6.45) is 3.12. The van der Waals surface area contributed by atoms with E-state index in [9.17, 15) is 4.79 Å². The molecule has 0 aromatic rings. The Bertz CT molecular complexity index is 151. The second-order valence-electron chi connectivity index (χ2n) is 2.18. The summed E-state index contributed by atoms with van der Waals surface area (Å²) >= 11 is 0. The van der Waals surface area contributed by atoms with Gasteiger partial charge in [-0.2, -0.15) is 0 Å². The first kappa shape index (κ1) is 6.26. The molecular formula is C6H9NO2. The number of ketones is 1. The third-order valence-corrected chi connectivity index (χ3v) is 1.51. The molecule has 0 saturated heterocycles. The summed E-state index contributed by atoms with van der Waals surface area (Å²) in [5.74, 6) is 0.00347. The zero-order chi connectivity index (χ0) is 6.69. The molecule has 1 aliphatic carbocycles. The number of nitrogens with zero attached hydrogens (tertiary/aromatic N) is 1. The lowest BCUT2D eigenvalue weighted by Gasteiger charge is -2.07. The van der Waals surface area contributed by atoms with Crippen molar-refractivity contribution in [2.24, 2.45) is 5.16 Å². The third-order valence-electron chi connectivity index (χ3n) is 1.51. The van der Waals surface area contributed by atoms with Gasteiger partial charge in [0, 0.05) is 6.42 Å². The maximum atomic E-state index is 10.7. The monoisotopic (exact) mass is 127 g/mol. The minimum absolute atomic E-state index is 0.00347. The largest absolute Gasteiger partial charge is 0.411 e. The Hall–Kier alpha value is -0.860. The molecule has 0 unspecified atom stereocenters. The standard InChI is InChI=1S/C6H9NO2/c8-6-4-2-1-3-5(6)7-9/h9H,1-4H2/b7-5-. The zero-order valence-electron chi connectivity index (χ0n) is 5.13. The SMILES string of the molecule is O=C1CCCC/C1=N/O. The first-order chi connectivity index (χ1) is 4.34. The van der Waals surface area contributed by atoms with Gasteiger partial charge in [0.2, 0.25) is 0 Å². The van der Waals surface area contributed by atoms with Crippen molar-refractivity contribution >= 4 is 11.5 Å². The molecule has 3 nitrogen and oxygen atoms in total. The molecule has 1 N–H and O–H groups in total. The van der Waals surface area contributed by atoms with Gasteiger partial charge in [0.25, 0.3) is 0 Å². The van der Waals surface area contributed by atoms with Crippen molar-refractivity contribution in [2.75, 3.05) is 0 Å². The van der Waals surface area contributed by atoms with Crippen LogP contribution in [-0.2, 0) is 4.79 Å². The van der Waals surface area contributed by atoms with Gasteiger partial charge < -0.3 is 5.21 Å². The highest BCUT2D eigenvalue weighted by molar-refractivity contribution is 6.40. The molecule has 9 heavy (non-hydrogen) atoms. The highest BCUT2D eigenvalue weighted by Gasteiger charge is 2.16. The maximum absolute atomic E-state index is 10.7. The molecule has 50 valence electrons. The molecule has 0 radical (unpaired) electrons. The fourth-order valence-electron chi connectivity index (χ4n) is 0.967. The van der Waals surface area contributed by atoms with E-state index >= 15 is 0 Å².